The summed E-state index contributed by atoms with van der Waals surface area (Å²) >= 11 is 0. The molecule has 2 aromatic rings. The first-order chi connectivity index (χ1) is 7.79. The van der Waals surface area contributed by atoms with E-state index in [0.717, 1.165) is 23.5 Å². The van der Waals surface area contributed by atoms with Crippen LogP contribution in [0.5, 0.6) is 5.75 Å². The second-order valence-electron chi connectivity index (χ2n) is 3.55. The number of nitrogens with one attached hydrogen (secondary N) is 1. The summed E-state index contributed by atoms with van der Waals surface area (Å²) in [6.45, 7) is 0.678. The molecule has 2 rings (SSSR count). The van der Waals surface area contributed by atoms with Crippen molar-refractivity contribution in [2.24, 2.45) is 0 Å². The van der Waals surface area contributed by atoms with Gasteiger partial charge in [-0.25, -0.2) is 4.98 Å². The Morgan fingerprint density at radius 1 is 1.31 bits per heavy atom. The normalized spacial score (nSPS) is 10.6. The molecule has 0 aliphatic rings. The Labute approximate surface area is 93.9 Å². The van der Waals surface area contributed by atoms with Gasteiger partial charge < -0.3 is 14.8 Å². The Kier molecular flexibility index (Phi) is 3.22. The quantitative estimate of drug-likeness (QED) is 0.824. The Morgan fingerprint density at radius 2 is 2.06 bits per heavy atom. The van der Waals surface area contributed by atoms with Gasteiger partial charge in [-0.2, -0.15) is 0 Å². The molecule has 0 radical (unpaired) electrons. The molecular weight excluding hydrogens is 204 g/mol. The molecule has 0 spiro atoms. The number of aromatic hydroxyl groups is 1. The number of phenols is 1. The van der Waals surface area contributed by atoms with Gasteiger partial charge in [0.25, 0.3) is 0 Å². The van der Waals surface area contributed by atoms with Crippen LogP contribution >= 0.6 is 0 Å². The lowest BCUT2D eigenvalue weighted by Gasteiger charge is -1.97. The summed E-state index contributed by atoms with van der Waals surface area (Å²) in [5.74, 6) is 1.07. The predicted molar refractivity (Wildman–Crippen MR) is 61.3 cm³/mol. The van der Waals surface area contributed by atoms with Crippen LogP contribution in [0.15, 0.2) is 30.5 Å². The van der Waals surface area contributed by atoms with Crippen LogP contribution in [-0.2, 0) is 11.2 Å². The smallest absolute Gasteiger partial charge is 0.137 e. The zero-order chi connectivity index (χ0) is 11.4. The Bertz CT molecular complexity index is 448. The molecule has 1 aromatic heterocycles. The standard InChI is InChI=1S/C12H14N2O2/c1-16-7-6-10-8-13-12(14-10)9-2-4-11(15)5-3-9/h2-5,8,15H,6-7H2,1H3,(H,13,14). The fraction of sp³-hybridized carbons (Fsp3) is 0.250. The molecule has 4 nitrogen and oxygen atoms in total. The van der Waals surface area contributed by atoms with Crippen LogP contribution in [0.25, 0.3) is 11.4 Å². The van der Waals surface area contributed by atoms with Gasteiger partial charge >= 0.3 is 0 Å². The van der Waals surface area contributed by atoms with Crippen LogP contribution in [0.1, 0.15) is 5.69 Å². The number of H-pyrrole nitrogens is 1. The SMILES string of the molecule is COCCc1cnc(-c2ccc(O)cc2)[nH]1. The monoisotopic (exact) mass is 218 g/mol. The van der Waals surface area contributed by atoms with E-state index in [2.05, 4.69) is 9.97 Å². The maximum absolute atomic E-state index is 9.18. The molecule has 1 aromatic carbocycles. The molecule has 0 saturated carbocycles. The molecular formula is C12H14N2O2. The highest BCUT2D eigenvalue weighted by Gasteiger charge is 2.03. The molecule has 16 heavy (non-hydrogen) atoms. The van der Waals surface area contributed by atoms with Gasteiger partial charge in [-0.05, 0) is 24.3 Å². The van der Waals surface area contributed by atoms with Gasteiger partial charge in [-0.15, -0.1) is 0 Å². The minimum atomic E-state index is 0.259. The second kappa shape index (κ2) is 4.81. The van der Waals surface area contributed by atoms with Crippen molar-refractivity contribution in [3.05, 3.63) is 36.2 Å². The second-order valence-corrected chi connectivity index (χ2v) is 3.55. The number of imidazole rings is 1. The van der Waals surface area contributed by atoms with Crippen molar-refractivity contribution in [1.82, 2.24) is 9.97 Å². The zero-order valence-electron chi connectivity index (χ0n) is 9.10. The van der Waals surface area contributed by atoms with Crippen LogP contribution < -0.4 is 0 Å². The minimum Gasteiger partial charge on any atom is -0.508 e. The van der Waals surface area contributed by atoms with Crippen molar-refractivity contribution in [2.75, 3.05) is 13.7 Å². The number of ether oxygens (including phenoxy) is 1. The number of benzene rings is 1. The summed E-state index contributed by atoms with van der Waals surface area (Å²) in [6, 6.07) is 6.95. The number of phenolic OH excluding ortho intramolecular Hbond substituents is 1. The largest absolute Gasteiger partial charge is 0.508 e. The summed E-state index contributed by atoms with van der Waals surface area (Å²) in [5.41, 5.74) is 2.01. The first kappa shape index (κ1) is 10.7. The summed E-state index contributed by atoms with van der Waals surface area (Å²) in [4.78, 5) is 7.49. The molecule has 0 aliphatic carbocycles. The highest BCUT2D eigenvalue weighted by molar-refractivity contribution is 5.56. The third kappa shape index (κ3) is 2.41. The zero-order valence-corrected chi connectivity index (χ0v) is 9.10. The van der Waals surface area contributed by atoms with Crippen LogP contribution in [-0.4, -0.2) is 28.8 Å². The maximum Gasteiger partial charge on any atom is 0.137 e. The molecule has 0 bridgehead atoms. The van der Waals surface area contributed by atoms with Crippen LogP contribution in [0.4, 0.5) is 0 Å². The molecule has 2 N–H and O–H groups in total. The molecule has 4 heteroatoms. The number of hydrogen-bond acceptors (Lipinski definition) is 3. The van der Waals surface area contributed by atoms with Crippen molar-refractivity contribution >= 4 is 0 Å². The van der Waals surface area contributed by atoms with Gasteiger partial charge in [0.15, 0.2) is 0 Å². The minimum absolute atomic E-state index is 0.259. The van der Waals surface area contributed by atoms with E-state index < -0.39 is 0 Å². The van der Waals surface area contributed by atoms with E-state index in [9.17, 15) is 5.11 Å². The summed E-state index contributed by atoms with van der Waals surface area (Å²) in [7, 11) is 1.68. The topological polar surface area (TPSA) is 58.1 Å². The Balaban J connectivity index is 2.15. The number of hydrogen-bond donors (Lipinski definition) is 2. The third-order valence-corrected chi connectivity index (χ3v) is 2.34. The molecule has 0 aliphatic heterocycles. The van der Waals surface area contributed by atoms with E-state index in [1.807, 2.05) is 12.1 Å². The van der Waals surface area contributed by atoms with E-state index in [-0.39, 0.29) is 5.75 Å². The number of methoxy groups -OCH3 is 1. The van der Waals surface area contributed by atoms with Crippen molar-refractivity contribution in [2.45, 2.75) is 6.42 Å². The lowest BCUT2D eigenvalue weighted by Crippen LogP contribution is -1.94. The molecule has 0 unspecified atom stereocenters. The van der Waals surface area contributed by atoms with Gasteiger partial charge in [0.2, 0.25) is 0 Å². The number of aromatic nitrogens is 2. The average Bonchev–Trinajstić information content (AvgIpc) is 2.76. The van der Waals surface area contributed by atoms with Crippen molar-refractivity contribution < 1.29 is 9.84 Å². The molecule has 84 valence electrons. The Hall–Kier alpha value is -1.81. The predicted octanol–water partition coefficient (Wildman–Crippen LogP) is 1.97. The van der Waals surface area contributed by atoms with Crippen LogP contribution in [0.2, 0.25) is 0 Å². The van der Waals surface area contributed by atoms with E-state index in [4.69, 9.17) is 4.74 Å². The molecule has 0 saturated heterocycles. The van der Waals surface area contributed by atoms with Crippen LogP contribution in [0.3, 0.4) is 0 Å². The number of rotatable bonds is 4. The summed E-state index contributed by atoms with van der Waals surface area (Å²) in [5, 5.41) is 9.18. The van der Waals surface area contributed by atoms with Crippen molar-refractivity contribution in [1.29, 1.82) is 0 Å². The molecule has 1 heterocycles. The Morgan fingerprint density at radius 3 is 2.75 bits per heavy atom. The first-order valence-corrected chi connectivity index (χ1v) is 5.12. The van der Waals surface area contributed by atoms with E-state index in [1.165, 1.54) is 0 Å². The number of nitrogens with zero attached hydrogens (tertiary/aromatic N) is 1. The van der Waals surface area contributed by atoms with E-state index in [0.29, 0.717) is 6.61 Å². The fourth-order valence-electron chi connectivity index (χ4n) is 1.46. The van der Waals surface area contributed by atoms with Crippen molar-refractivity contribution in [3.8, 4) is 17.1 Å². The lowest BCUT2D eigenvalue weighted by molar-refractivity contribution is 0.201. The van der Waals surface area contributed by atoms with Gasteiger partial charge in [-0.3, -0.25) is 0 Å². The first-order valence-electron chi connectivity index (χ1n) is 5.12. The molecule has 0 atom stereocenters. The third-order valence-electron chi connectivity index (χ3n) is 2.34. The lowest BCUT2D eigenvalue weighted by atomic mass is 10.2. The summed E-state index contributed by atoms with van der Waals surface area (Å²) in [6.07, 6.45) is 2.63. The average molecular weight is 218 g/mol. The van der Waals surface area contributed by atoms with Gasteiger partial charge in [0.05, 0.1) is 6.61 Å². The van der Waals surface area contributed by atoms with E-state index >= 15 is 0 Å². The van der Waals surface area contributed by atoms with Crippen molar-refractivity contribution in [3.63, 3.8) is 0 Å². The maximum atomic E-state index is 9.18. The van der Waals surface area contributed by atoms with Gasteiger partial charge in [0.1, 0.15) is 11.6 Å². The fourth-order valence-corrected chi connectivity index (χ4v) is 1.46. The van der Waals surface area contributed by atoms with Gasteiger partial charge in [-0.1, -0.05) is 0 Å². The number of aromatic amines is 1. The summed E-state index contributed by atoms with van der Waals surface area (Å²) < 4.78 is 5.00. The molecule has 0 amide bonds. The van der Waals surface area contributed by atoms with Crippen LogP contribution in [0, 0.1) is 0 Å². The molecule has 0 fully saturated rings. The van der Waals surface area contributed by atoms with E-state index in [1.54, 1.807) is 25.4 Å². The highest BCUT2D eigenvalue weighted by Crippen LogP contribution is 2.18. The highest BCUT2D eigenvalue weighted by atomic mass is 16.5. The van der Waals surface area contributed by atoms with Gasteiger partial charge in [0, 0.05) is 31.0 Å².